The number of nitrogens with two attached hydrogens (primary N) is 1. The number of thioether (sulfide) groups is 1. The number of ether oxygens (including phenoxy) is 1. The summed E-state index contributed by atoms with van der Waals surface area (Å²) in [6.07, 6.45) is 0. The Bertz CT molecular complexity index is 635. The number of nitrogen functional groups attached to an aromatic ring is 1. The molecule has 1 aliphatic rings. The number of hydrogen-bond donors (Lipinski definition) is 2. The van der Waals surface area contributed by atoms with Gasteiger partial charge in [0.05, 0.1) is 19.0 Å². The molecule has 24 heavy (non-hydrogen) atoms. The van der Waals surface area contributed by atoms with Crippen LogP contribution in [0.4, 0.5) is 11.9 Å². The third kappa shape index (κ3) is 5.82. The van der Waals surface area contributed by atoms with E-state index in [2.05, 4.69) is 30.0 Å². The lowest BCUT2D eigenvalue weighted by Gasteiger charge is -2.26. The second-order valence-corrected chi connectivity index (χ2v) is 7.11. The molecule has 1 fully saturated rings. The quantitative estimate of drug-likeness (QED) is 0.744. The Morgan fingerprint density at radius 2 is 1.96 bits per heavy atom. The number of morpholine rings is 1. The van der Waals surface area contributed by atoms with E-state index in [1.807, 2.05) is 6.92 Å². The number of rotatable bonds is 4. The summed E-state index contributed by atoms with van der Waals surface area (Å²) >= 11 is 3.11. The summed E-state index contributed by atoms with van der Waals surface area (Å²) in [6, 6.07) is 0. The molecule has 11 heteroatoms. The first-order valence-corrected chi connectivity index (χ1v) is 9.29. The fraction of sp³-hybridized carbons (Fsp3) is 0.615. The normalized spacial score (nSPS) is 14.2. The number of aliphatic hydroxyl groups is 1. The van der Waals surface area contributed by atoms with Gasteiger partial charge in [0.2, 0.25) is 11.9 Å². The number of anilines is 2. The van der Waals surface area contributed by atoms with E-state index in [-0.39, 0.29) is 12.6 Å². The highest BCUT2D eigenvalue weighted by atomic mass is 32.2. The highest BCUT2D eigenvalue weighted by molar-refractivity contribution is 8.00. The SMILES string of the molecule is CCO.Cc1nnc(SCc2nc(N)nc(N3CCOCC3)n2)s1. The molecule has 0 spiro atoms. The van der Waals surface area contributed by atoms with Crippen molar-refractivity contribution in [2.75, 3.05) is 43.5 Å². The van der Waals surface area contributed by atoms with Crippen molar-refractivity contribution in [3.63, 3.8) is 0 Å². The van der Waals surface area contributed by atoms with Crippen molar-refractivity contribution < 1.29 is 9.84 Å². The van der Waals surface area contributed by atoms with Gasteiger partial charge in [0.25, 0.3) is 0 Å². The van der Waals surface area contributed by atoms with Crippen LogP contribution >= 0.6 is 23.1 Å². The highest BCUT2D eigenvalue weighted by Gasteiger charge is 2.16. The van der Waals surface area contributed by atoms with E-state index >= 15 is 0 Å². The Balaban J connectivity index is 0.000000647. The van der Waals surface area contributed by atoms with E-state index in [9.17, 15) is 0 Å². The summed E-state index contributed by atoms with van der Waals surface area (Å²) in [4.78, 5) is 14.9. The van der Waals surface area contributed by atoms with Crippen molar-refractivity contribution in [3.8, 4) is 0 Å². The summed E-state index contributed by atoms with van der Waals surface area (Å²) in [5.41, 5.74) is 5.78. The maximum Gasteiger partial charge on any atom is 0.230 e. The maximum absolute atomic E-state index is 7.57. The Kier molecular flexibility index (Phi) is 7.56. The molecular weight excluding hydrogens is 350 g/mol. The summed E-state index contributed by atoms with van der Waals surface area (Å²) < 4.78 is 6.23. The van der Waals surface area contributed by atoms with Crippen LogP contribution in [0, 0.1) is 6.92 Å². The molecule has 0 unspecified atom stereocenters. The highest BCUT2D eigenvalue weighted by Crippen LogP contribution is 2.25. The minimum Gasteiger partial charge on any atom is -0.397 e. The first kappa shape index (κ1) is 18.8. The maximum atomic E-state index is 7.57. The van der Waals surface area contributed by atoms with Gasteiger partial charge in [0.1, 0.15) is 10.8 Å². The summed E-state index contributed by atoms with van der Waals surface area (Å²) in [7, 11) is 0. The molecule has 0 aromatic carbocycles. The van der Waals surface area contributed by atoms with Gasteiger partial charge in [-0.05, 0) is 13.8 Å². The minimum atomic E-state index is 0.246. The fourth-order valence-corrected chi connectivity index (χ4v) is 3.53. The number of aliphatic hydroxyl groups excluding tert-OH is 1. The van der Waals surface area contributed by atoms with Crippen LogP contribution in [0.15, 0.2) is 4.34 Å². The Morgan fingerprint density at radius 1 is 1.25 bits per heavy atom. The van der Waals surface area contributed by atoms with Crippen molar-refractivity contribution in [2.45, 2.75) is 23.9 Å². The second-order valence-electron chi connectivity index (χ2n) is 4.70. The van der Waals surface area contributed by atoms with Gasteiger partial charge in [-0.3, -0.25) is 0 Å². The molecule has 0 radical (unpaired) electrons. The third-order valence-corrected chi connectivity index (χ3v) is 4.78. The zero-order valence-corrected chi connectivity index (χ0v) is 15.3. The van der Waals surface area contributed by atoms with Crippen molar-refractivity contribution in [2.24, 2.45) is 0 Å². The summed E-state index contributed by atoms with van der Waals surface area (Å²) in [5.74, 6) is 2.12. The molecule has 1 aliphatic heterocycles. The van der Waals surface area contributed by atoms with E-state index in [0.29, 0.717) is 30.7 Å². The Morgan fingerprint density at radius 3 is 2.58 bits per heavy atom. The molecule has 2 aromatic heterocycles. The predicted molar refractivity (Wildman–Crippen MR) is 94.2 cm³/mol. The topological polar surface area (TPSA) is 123 Å². The van der Waals surface area contributed by atoms with Gasteiger partial charge in [0.15, 0.2) is 4.34 Å². The van der Waals surface area contributed by atoms with Gasteiger partial charge in [-0.1, -0.05) is 23.1 Å². The molecule has 3 rings (SSSR count). The zero-order chi connectivity index (χ0) is 17.4. The van der Waals surface area contributed by atoms with Gasteiger partial charge >= 0.3 is 0 Å². The molecule has 0 saturated carbocycles. The standard InChI is InChI=1S/C11H15N7OS2.C2H6O/c1-7-16-17-11(21-7)20-6-8-13-9(12)15-10(14-8)18-2-4-19-5-3-18;1-2-3/h2-6H2,1H3,(H2,12,13,14,15);3H,2H2,1H3. The number of aromatic nitrogens is 5. The fourth-order valence-electron chi connectivity index (χ4n) is 1.86. The molecule has 132 valence electrons. The van der Waals surface area contributed by atoms with E-state index in [0.717, 1.165) is 22.4 Å². The van der Waals surface area contributed by atoms with Crippen LogP contribution in [-0.4, -0.2) is 63.2 Å². The molecule has 3 N–H and O–H groups in total. The number of aryl methyl sites for hydroxylation is 1. The first-order chi connectivity index (χ1) is 11.6. The molecule has 9 nitrogen and oxygen atoms in total. The van der Waals surface area contributed by atoms with Crippen molar-refractivity contribution >= 4 is 35.0 Å². The average molecular weight is 371 g/mol. The van der Waals surface area contributed by atoms with Crippen LogP contribution < -0.4 is 10.6 Å². The molecule has 0 aliphatic carbocycles. The van der Waals surface area contributed by atoms with Crippen molar-refractivity contribution in [1.82, 2.24) is 25.1 Å². The van der Waals surface area contributed by atoms with E-state index < -0.39 is 0 Å². The third-order valence-electron chi connectivity index (χ3n) is 2.81. The summed E-state index contributed by atoms with van der Waals surface area (Å²) in [5, 5.41) is 16.6. The van der Waals surface area contributed by atoms with Crippen molar-refractivity contribution in [3.05, 3.63) is 10.8 Å². The lowest BCUT2D eigenvalue weighted by molar-refractivity contribution is 0.122. The second kappa shape index (κ2) is 9.67. The molecule has 0 amide bonds. The Hall–Kier alpha value is -1.56. The van der Waals surface area contributed by atoms with Gasteiger partial charge in [-0.15, -0.1) is 10.2 Å². The predicted octanol–water partition coefficient (Wildman–Crippen LogP) is 0.741. The summed E-state index contributed by atoms with van der Waals surface area (Å²) in [6.45, 7) is 6.76. The molecule has 3 heterocycles. The van der Waals surface area contributed by atoms with Crippen LogP contribution in [0.3, 0.4) is 0 Å². The van der Waals surface area contributed by atoms with Gasteiger partial charge in [-0.2, -0.15) is 15.0 Å². The van der Waals surface area contributed by atoms with E-state index in [1.54, 1.807) is 30.0 Å². The van der Waals surface area contributed by atoms with Crippen molar-refractivity contribution in [1.29, 1.82) is 0 Å². The lowest BCUT2D eigenvalue weighted by Crippen LogP contribution is -2.37. The molecular formula is C13H21N7O2S2. The lowest BCUT2D eigenvalue weighted by atomic mass is 10.4. The minimum absolute atomic E-state index is 0.246. The first-order valence-electron chi connectivity index (χ1n) is 7.49. The Labute approximate surface area is 148 Å². The van der Waals surface area contributed by atoms with Crippen LogP contribution in [0.25, 0.3) is 0 Å². The van der Waals surface area contributed by atoms with Crippen LogP contribution in [-0.2, 0) is 10.5 Å². The van der Waals surface area contributed by atoms with Crippen LogP contribution in [0.5, 0.6) is 0 Å². The van der Waals surface area contributed by atoms with Crippen LogP contribution in [0.2, 0.25) is 0 Å². The van der Waals surface area contributed by atoms with E-state index in [4.69, 9.17) is 15.6 Å². The smallest absolute Gasteiger partial charge is 0.230 e. The van der Waals surface area contributed by atoms with Gasteiger partial charge in [0, 0.05) is 19.7 Å². The molecule has 1 saturated heterocycles. The number of nitrogens with zero attached hydrogens (tertiary/aromatic N) is 6. The van der Waals surface area contributed by atoms with Gasteiger partial charge < -0.3 is 20.5 Å². The monoisotopic (exact) mass is 371 g/mol. The molecule has 0 atom stereocenters. The average Bonchev–Trinajstić information content (AvgIpc) is 3.00. The number of hydrogen-bond acceptors (Lipinski definition) is 11. The molecule has 0 bridgehead atoms. The largest absolute Gasteiger partial charge is 0.397 e. The van der Waals surface area contributed by atoms with Gasteiger partial charge in [-0.25, -0.2) is 0 Å². The van der Waals surface area contributed by atoms with E-state index in [1.165, 1.54) is 0 Å². The zero-order valence-electron chi connectivity index (χ0n) is 13.7. The van der Waals surface area contributed by atoms with Crippen LogP contribution in [0.1, 0.15) is 17.8 Å². The molecule has 2 aromatic rings.